The summed E-state index contributed by atoms with van der Waals surface area (Å²) < 4.78 is 0. The van der Waals surface area contributed by atoms with E-state index >= 15 is 0 Å². The Morgan fingerprint density at radius 1 is 1.25 bits per heavy atom. The summed E-state index contributed by atoms with van der Waals surface area (Å²) in [5, 5.41) is 9.76. The molecule has 0 bridgehead atoms. The minimum absolute atomic E-state index is 0.0708. The number of nitrogens with one attached hydrogen (secondary N) is 2. The molecule has 0 spiro atoms. The molecule has 1 saturated carbocycles. The largest absolute Gasteiger partial charge is 0.353 e. The van der Waals surface area contributed by atoms with Gasteiger partial charge < -0.3 is 10.6 Å². The van der Waals surface area contributed by atoms with E-state index in [-0.39, 0.29) is 5.91 Å². The summed E-state index contributed by atoms with van der Waals surface area (Å²) in [6.45, 7) is 0. The smallest absolute Gasteiger partial charge is 0.226 e. The van der Waals surface area contributed by atoms with E-state index in [1.54, 1.807) is 0 Å². The van der Waals surface area contributed by atoms with Gasteiger partial charge >= 0.3 is 0 Å². The number of amides is 1. The van der Waals surface area contributed by atoms with Crippen molar-refractivity contribution >= 4 is 39.7 Å². The van der Waals surface area contributed by atoms with Crippen molar-refractivity contribution in [3.63, 3.8) is 0 Å². The molecule has 1 aromatic carbocycles. The second-order valence-electron chi connectivity index (χ2n) is 6.21. The molecule has 1 fully saturated rings. The molecule has 0 atom stereocenters. The SMILES string of the molecule is O=C(Cc1csc(Nc2cccc(Cl)c2)n1)NC1CCCCCC1. The molecule has 1 amide bonds. The van der Waals surface area contributed by atoms with Crippen LogP contribution in [0.3, 0.4) is 0 Å². The second kappa shape index (κ2) is 8.49. The number of carbonyl (C=O) groups excluding carboxylic acids is 1. The van der Waals surface area contributed by atoms with Gasteiger partial charge in [-0.25, -0.2) is 4.98 Å². The molecule has 0 saturated heterocycles. The minimum Gasteiger partial charge on any atom is -0.353 e. The van der Waals surface area contributed by atoms with Crippen LogP contribution in [-0.2, 0) is 11.2 Å². The number of nitrogens with zero attached hydrogens (tertiary/aromatic N) is 1. The summed E-state index contributed by atoms with van der Waals surface area (Å²) in [7, 11) is 0. The fourth-order valence-electron chi connectivity index (χ4n) is 3.00. The number of hydrogen-bond donors (Lipinski definition) is 2. The number of hydrogen-bond acceptors (Lipinski definition) is 4. The van der Waals surface area contributed by atoms with Crippen LogP contribution >= 0.6 is 22.9 Å². The lowest BCUT2D eigenvalue weighted by atomic mass is 10.1. The van der Waals surface area contributed by atoms with Crippen LogP contribution in [0.2, 0.25) is 5.02 Å². The molecule has 0 aliphatic heterocycles. The van der Waals surface area contributed by atoms with E-state index < -0.39 is 0 Å². The lowest BCUT2D eigenvalue weighted by molar-refractivity contribution is -0.121. The third-order valence-electron chi connectivity index (χ3n) is 4.19. The fourth-order valence-corrected chi connectivity index (χ4v) is 3.92. The van der Waals surface area contributed by atoms with Crippen LogP contribution in [0.5, 0.6) is 0 Å². The molecular weight excluding hydrogens is 342 g/mol. The molecule has 128 valence electrons. The first-order chi connectivity index (χ1) is 11.7. The average molecular weight is 364 g/mol. The van der Waals surface area contributed by atoms with Crippen molar-refractivity contribution < 1.29 is 4.79 Å². The van der Waals surface area contributed by atoms with Gasteiger partial charge in [0.1, 0.15) is 0 Å². The van der Waals surface area contributed by atoms with E-state index in [0.717, 1.165) is 29.4 Å². The van der Waals surface area contributed by atoms with Gasteiger partial charge in [-0.05, 0) is 31.0 Å². The number of thiazole rings is 1. The molecule has 0 radical (unpaired) electrons. The van der Waals surface area contributed by atoms with Gasteiger partial charge in [0, 0.05) is 22.1 Å². The maximum Gasteiger partial charge on any atom is 0.226 e. The van der Waals surface area contributed by atoms with E-state index in [9.17, 15) is 4.79 Å². The van der Waals surface area contributed by atoms with Crippen molar-refractivity contribution in [2.45, 2.75) is 51.0 Å². The highest BCUT2D eigenvalue weighted by Gasteiger charge is 2.15. The van der Waals surface area contributed by atoms with Crippen LogP contribution in [0, 0.1) is 0 Å². The van der Waals surface area contributed by atoms with Gasteiger partial charge in [-0.2, -0.15) is 0 Å². The van der Waals surface area contributed by atoms with E-state index in [4.69, 9.17) is 11.6 Å². The highest BCUT2D eigenvalue weighted by molar-refractivity contribution is 7.13. The Bertz CT molecular complexity index is 680. The number of anilines is 2. The Morgan fingerprint density at radius 3 is 2.79 bits per heavy atom. The quantitative estimate of drug-likeness (QED) is 0.741. The van der Waals surface area contributed by atoms with Gasteiger partial charge in [0.25, 0.3) is 0 Å². The van der Waals surface area contributed by atoms with Crippen molar-refractivity contribution in [2.24, 2.45) is 0 Å². The molecule has 2 N–H and O–H groups in total. The first-order valence-electron chi connectivity index (χ1n) is 8.45. The monoisotopic (exact) mass is 363 g/mol. The van der Waals surface area contributed by atoms with Crippen LogP contribution in [0.25, 0.3) is 0 Å². The molecule has 2 aromatic rings. The number of rotatable bonds is 5. The standard InChI is InChI=1S/C18H22ClN3OS/c19-13-6-5-9-15(10-13)21-18-22-16(12-24-18)11-17(23)20-14-7-3-1-2-4-8-14/h5-6,9-10,12,14H,1-4,7-8,11H2,(H,20,23)(H,21,22). The van der Waals surface area contributed by atoms with Crippen LogP contribution in [0.4, 0.5) is 10.8 Å². The van der Waals surface area contributed by atoms with Crippen molar-refractivity contribution in [1.82, 2.24) is 10.3 Å². The maximum absolute atomic E-state index is 12.2. The number of aromatic nitrogens is 1. The van der Waals surface area contributed by atoms with Gasteiger partial charge in [0.15, 0.2) is 5.13 Å². The summed E-state index contributed by atoms with van der Waals surface area (Å²) >= 11 is 7.48. The zero-order valence-corrected chi connectivity index (χ0v) is 15.1. The van der Waals surface area contributed by atoms with Crippen molar-refractivity contribution in [3.8, 4) is 0 Å². The molecule has 1 heterocycles. The predicted molar refractivity (Wildman–Crippen MR) is 100 cm³/mol. The first kappa shape index (κ1) is 17.2. The third kappa shape index (κ3) is 5.21. The van der Waals surface area contributed by atoms with Gasteiger partial charge in [0.05, 0.1) is 12.1 Å². The molecule has 1 aliphatic carbocycles. The molecule has 1 aliphatic rings. The summed E-state index contributed by atoms with van der Waals surface area (Å²) in [5.41, 5.74) is 1.70. The van der Waals surface area contributed by atoms with Crippen LogP contribution < -0.4 is 10.6 Å². The van der Waals surface area contributed by atoms with Gasteiger partial charge in [-0.15, -0.1) is 11.3 Å². The van der Waals surface area contributed by atoms with E-state index in [1.807, 2.05) is 29.6 Å². The third-order valence-corrected chi connectivity index (χ3v) is 5.23. The average Bonchev–Trinajstić information content (AvgIpc) is 2.81. The Hall–Kier alpha value is -1.59. The molecule has 24 heavy (non-hydrogen) atoms. The Labute approximate surface area is 151 Å². The molecule has 0 unspecified atom stereocenters. The number of benzene rings is 1. The van der Waals surface area contributed by atoms with Crippen LogP contribution in [0.15, 0.2) is 29.6 Å². The summed E-state index contributed by atoms with van der Waals surface area (Å²) in [5.74, 6) is 0.0708. The minimum atomic E-state index is 0.0708. The molecule has 6 heteroatoms. The van der Waals surface area contributed by atoms with Gasteiger partial charge in [-0.3, -0.25) is 4.79 Å². The number of halogens is 1. The van der Waals surface area contributed by atoms with E-state index in [2.05, 4.69) is 15.6 Å². The van der Waals surface area contributed by atoms with Crippen molar-refractivity contribution in [2.75, 3.05) is 5.32 Å². The topological polar surface area (TPSA) is 54.0 Å². The lowest BCUT2D eigenvalue weighted by Gasteiger charge is -2.15. The fraction of sp³-hybridized carbons (Fsp3) is 0.444. The molecule has 4 nitrogen and oxygen atoms in total. The summed E-state index contributed by atoms with van der Waals surface area (Å²) in [4.78, 5) is 16.7. The lowest BCUT2D eigenvalue weighted by Crippen LogP contribution is -2.35. The molecule has 1 aromatic heterocycles. The second-order valence-corrected chi connectivity index (χ2v) is 7.51. The normalized spacial score (nSPS) is 15.7. The zero-order valence-electron chi connectivity index (χ0n) is 13.6. The maximum atomic E-state index is 12.2. The van der Waals surface area contributed by atoms with Crippen molar-refractivity contribution in [3.05, 3.63) is 40.4 Å². The summed E-state index contributed by atoms with van der Waals surface area (Å²) in [6, 6.07) is 7.84. The Kier molecular flexibility index (Phi) is 6.10. The molecule has 3 rings (SSSR count). The Morgan fingerprint density at radius 2 is 2.04 bits per heavy atom. The summed E-state index contributed by atoms with van der Waals surface area (Å²) in [6.07, 6.45) is 7.55. The zero-order chi connectivity index (χ0) is 16.8. The molecular formula is C18H22ClN3OS. The predicted octanol–water partition coefficient (Wildman–Crippen LogP) is 4.92. The number of carbonyl (C=O) groups is 1. The van der Waals surface area contributed by atoms with Gasteiger partial charge in [-0.1, -0.05) is 43.4 Å². The van der Waals surface area contributed by atoms with Crippen LogP contribution in [-0.4, -0.2) is 16.9 Å². The van der Waals surface area contributed by atoms with Gasteiger partial charge in [0.2, 0.25) is 5.91 Å². The Balaban J connectivity index is 1.52. The van der Waals surface area contributed by atoms with Crippen LogP contribution in [0.1, 0.15) is 44.2 Å². The first-order valence-corrected chi connectivity index (χ1v) is 9.71. The highest BCUT2D eigenvalue weighted by Crippen LogP contribution is 2.23. The van der Waals surface area contributed by atoms with Crippen molar-refractivity contribution in [1.29, 1.82) is 0 Å². The van der Waals surface area contributed by atoms with E-state index in [0.29, 0.717) is 17.5 Å². The highest BCUT2D eigenvalue weighted by atomic mass is 35.5. The van der Waals surface area contributed by atoms with E-state index in [1.165, 1.54) is 37.0 Å².